The number of nitrogens with one attached hydrogen (secondary N) is 2. The van der Waals surface area contributed by atoms with E-state index >= 15 is 0 Å². The van der Waals surface area contributed by atoms with Gasteiger partial charge in [-0.05, 0) is 35.7 Å². The van der Waals surface area contributed by atoms with Gasteiger partial charge in [-0.1, -0.05) is 42.5 Å². The van der Waals surface area contributed by atoms with Gasteiger partial charge >= 0.3 is 0 Å². The van der Waals surface area contributed by atoms with Gasteiger partial charge in [-0.15, -0.1) is 11.3 Å². The summed E-state index contributed by atoms with van der Waals surface area (Å²) in [4.78, 5) is 25.7. The molecule has 7 heteroatoms. The molecule has 2 amide bonds. The molecule has 0 unspecified atom stereocenters. The van der Waals surface area contributed by atoms with E-state index in [1.807, 2.05) is 17.5 Å². The van der Waals surface area contributed by atoms with Crippen molar-refractivity contribution in [2.45, 2.75) is 0 Å². The van der Waals surface area contributed by atoms with Crippen molar-refractivity contribution >= 4 is 35.4 Å². The van der Waals surface area contributed by atoms with E-state index in [1.54, 1.807) is 48.5 Å². The summed E-state index contributed by atoms with van der Waals surface area (Å²) in [6, 6.07) is 18.3. The average molecular weight is 393 g/mol. The zero-order valence-electron chi connectivity index (χ0n) is 14.6. The maximum atomic E-state index is 13.6. The normalized spacial score (nSPS) is 11.4. The van der Waals surface area contributed by atoms with E-state index in [0.29, 0.717) is 5.56 Å². The van der Waals surface area contributed by atoms with Crippen LogP contribution >= 0.6 is 11.3 Å². The van der Waals surface area contributed by atoms with Gasteiger partial charge in [0.25, 0.3) is 11.8 Å². The van der Waals surface area contributed by atoms with Gasteiger partial charge in [0, 0.05) is 16.0 Å². The number of amides is 2. The first-order valence-electron chi connectivity index (χ1n) is 8.33. The summed E-state index contributed by atoms with van der Waals surface area (Å²) in [6.45, 7) is 0. The van der Waals surface area contributed by atoms with Crippen LogP contribution in [0.2, 0.25) is 0 Å². The molecular formula is C21H16FN3O2S. The van der Waals surface area contributed by atoms with Crippen LogP contribution in [0.3, 0.4) is 0 Å². The smallest absolute Gasteiger partial charge is 0.287 e. The Kier molecular flexibility index (Phi) is 6.43. The van der Waals surface area contributed by atoms with Crippen LogP contribution in [0.25, 0.3) is 6.08 Å². The number of hydrogen-bond donors (Lipinski definition) is 2. The molecule has 0 spiro atoms. The maximum Gasteiger partial charge on any atom is 0.287 e. The molecule has 140 valence electrons. The molecule has 0 saturated heterocycles. The lowest BCUT2D eigenvalue weighted by atomic mass is 10.2. The van der Waals surface area contributed by atoms with Crippen LogP contribution in [0.5, 0.6) is 0 Å². The van der Waals surface area contributed by atoms with Crippen LogP contribution in [0.15, 0.2) is 82.9 Å². The van der Waals surface area contributed by atoms with E-state index < -0.39 is 17.6 Å². The molecule has 2 aromatic carbocycles. The van der Waals surface area contributed by atoms with Gasteiger partial charge in [0.2, 0.25) is 0 Å². The van der Waals surface area contributed by atoms with E-state index in [0.717, 1.165) is 4.88 Å². The van der Waals surface area contributed by atoms with Crippen molar-refractivity contribution in [3.8, 4) is 0 Å². The lowest BCUT2D eigenvalue weighted by Gasteiger charge is -2.08. The number of thiophene rings is 1. The van der Waals surface area contributed by atoms with Gasteiger partial charge in [-0.3, -0.25) is 9.59 Å². The summed E-state index contributed by atoms with van der Waals surface area (Å²) in [5.41, 5.74) is 3.00. The monoisotopic (exact) mass is 393 g/mol. The van der Waals surface area contributed by atoms with Crippen molar-refractivity contribution in [3.05, 3.63) is 99.6 Å². The van der Waals surface area contributed by atoms with E-state index in [2.05, 4.69) is 15.8 Å². The highest BCUT2D eigenvalue weighted by atomic mass is 32.1. The highest BCUT2D eigenvalue weighted by Gasteiger charge is 2.14. The highest BCUT2D eigenvalue weighted by molar-refractivity contribution is 7.10. The first kappa shape index (κ1) is 19.2. The van der Waals surface area contributed by atoms with Crippen LogP contribution in [-0.2, 0) is 4.79 Å². The van der Waals surface area contributed by atoms with E-state index in [9.17, 15) is 14.0 Å². The number of carbonyl (C=O) groups is 2. The summed E-state index contributed by atoms with van der Waals surface area (Å²) in [5.74, 6) is -1.49. The maximum absolute atomic E-state index is 13.6. The number of carbonyl (C=O) groups excluding carboxylic acids is 2. The first-order chi connectivity index (χ1) is 13.6. The molecule has 3 rings (SSSR count). The van der Waals surface area contributed by atoms with Gasteiger partial charge in [-0.25, -0.2) is 9.82 Å². The third kappa shape index (κ3) is 5.21. The Morgan fingerprint density at radius 1 is 0.964 bits per heavy atom. The number of rotatable bonds is 6. The fourth-order valence-corrected chi connectivity index (χ4v) is 2.92. The van der Waals surface area contributed by atoms with E-state index in [1.165, 1.54) is 29.7 Å². The number of halogens is 1. The summed E-state index contributed by atoms with van der Waals surface area (Å²) >= 11 is 1.42. The largest absolute Gasteiger partial charge is 0.317 e. The highest BCUT2D eigenvalue weighted by Crippen LogP contribution is 2.13. The van der Waals surface area contributed by atoms with Gasteiger partial charge in [0.1, 0.15) is 11.5 Å². The second kappa shape index (κ2) is 9.38. The van der Waals surface area contributed by atoms with Crippen LogP contribution in [0.4, 0.5) is 4.39 Å². The third-order valence-corrected chi connectivity index (χ3v) is 4.45. The Morgan fingerprint density at radius 3 is 2.43 bits per heavy atom. The van der Waals surface area contributed by atoms with Crippen molar-refractivity contribution < 1.29 is 14.0 Å². The fraction of sp³-hybridized carbons (Fsp3) is 0. The zero-order valence-corrected chi connectivity index (χ0v) is 15.4. The lowest BCUT2D eigenvalue weighted by molar-refractivity contribution is -0.117. The molecule has 1 heterocycles. The molecule has 0 atom stereocenters. The average Bonchev–Trinajstić information content (AvgIpc) is 3.22. The number of hydrogen-bond acceptors (Lipinski definition) is 4. The Hall–Kier alpha value is -3.58. The van der Waals surface area contributed by atoms with Gasteiger partial charge in [-0.2, -0.15) is 5.10 Å². The molecule has 0 aliphatic rings. The number of benzene rings is 2. The minimum Gasteiger partial charge on any atom is -0.317 e. The molecule has 0 saturated carbocycles. The number of nitrogens with zero attached hydrogens (tertiary/aromatic N) is 1. The van der Waals surface area contributed by atoms with Crippen molar-refractivity contribution in [1.29, 1.82) is 0 Å². The van der Waals surface area contributed by atoms with Crippen molar-refractivity contribution in [1.82, 2.24) is 10.7 Å². The minimum absolute atomic E-state index is 0.0296. The second-order valence-electron chi connectivity index (χ2n) is 5.61. The Bertz CT molecular complexity index is 1020. The Balaban J connectivity index is 1.76. The predicted octanol–water partition coefficient (Wildman–Crippen LogP) is 3.81. The molecule has 0 aliphatic heterocycles. The molecule has 28 heavy (non-hydrogen) atoms. The minimum atomic E-state index is -0.620. The van der Waals surface area contributed by atoms with Crippen LogP contribution in [0.1, 0.15) is 20.8 Å². The lowest BCUT2D eigenvalue weighted by Crippen LogP contribution is -2.32. The molecule has 3 aromatic rings. The first-order valence-corrected chi connectivity index (χ1v) is 9.21. The molecule has 2 N–H and O–H groups in total. The summed E-state index contributed by atoms with van der Waals surface area (Å²) in [7, 11) is 0. The summed E-state index contributed by atoms with van der Waals surface area (Å²) in [5, 5.41) is 8.24. The summed E-state index contributed by atoms with van der Waals surface area (Å²) < 4.78 is 13.6. The van der Waals surface area contributed by atoms with Gasteiger partial charge < -0.3 is 5.32 Å². The van der Waals surface area contributed by atoms with Gasteiger partial charge in [0.15, 0.2) is 0 Å². The van der Waals surface area contributed by atoms with Crippen molar-refractivity contribution in [2.24, 2.45) is 5.10 Å². The summed E-state index contributed by atoms with van der Waals surface area (Å²) in [6.07, 6.45) is 2.76. The fourth-order valence-electron chi connectivity index (χ4n) is 2.26. The van der Waals surface area contributed by atoms with Crippen LogP contribution in [-0.4, -0.2) is 18.0 Å². The van der Waals surface area contributed by atoms with Crippen LogP contribution < -0.4 is 10.7 Å². The van der Waals surface area contributed by atoms with Crippen molar-refractivity contribution in [3.63, 3.8) is 0 Å². The van der Waals surface area contributed by atoms with Gasteiger partial charge in [0.05, 0.1) is 6.21 Å². The molecule has 5 nitrogen and oxygen atoms in total. The molecule has 0 bridgehead atoms. The zero-order chi connectivity index (χ0) is 19.8. The second-order valence-corrected chi connectivity index (χ2v) is 6.59. The Morgan fingerprint density at radius 2 is 1.71 bits per heavy atom. The third-order valence-electron chi connectivity index (χ3n) is 3.63. The van der Waals surface area contributed by atoms with E-state index in [4.69, 9.17) is 0 Å². The van der Waals surface area contributed by atoms with Crippen LogP contribution in [0, 0.1) is 5.82 Å². The standard InChI is InChI=1S/C21H16FN3O2S/c22-18-11-5-4-9-16(18)14-23-25-21(27)19(13-17-10-6-12-28-17)24-20(26)15-7-2-1-3-8-15/h1-14H,(H,24,26)(H,25,27). The molecular weight excluding hydrogens is 377 g/mol. The molecule has 0 radical (unpaired) electrons. The molecule has 1 aromatic heterocycles. The molecule has 0 aliphatic carbocycles. The topological polar surface area (TPSA) is 70.6 Å². The Labute approximate surface area is 165 Å². The van der Waals surface area contributed by atoms with E-state index in [-0.39, 0.29) is 11.3 Å². The number of hydrazone groups is 1. The molecule has 0 fully saturated rings. The van der Waals surface area contributed by atoms with Crippen molar-refractivity contribution in [2.75, 3.05) is 0 Å². The SMILES string of the molecule is O=C(NN=Cc1ccccc1F)C(=Cc1cccs1)NC(=O)c1ccccc1. The predicted molar refractivity (Wildman–Crippen MR) is 108 cm³/mol. The quantitative estimate of drug-likeness (QED) is 0.380.